The highest BCUT2D eigenvalue weighted by Crippen LogP contribution is 2.46. The molecule has 0 N–H and O–H groups in total. The van der Waals surface area contributed by atoms with Gasteiger partial charge < -0.3 is 4.74 Å². The normalized spacial score (nSPS) is 12.1. The maximum atomic E-state index is 6.65. The van der Waals surface area contributed by atoms with Crippen molar-refractivity contribution in [1.82, 2.24) is 9.55 Å². The first-order valence-corrected chi connectivity index (χ1v) is 16.9. The second kappa shape index (κ2) is 10.3. The van der Waals surface area contributed by atoms with Gasteiger partial charge in [-0.2, -0.15) is 0 Å². The number of aromatic nitrogens is 2. The minimum absolute atomic E-state index is 0.845. The summed E-state index contributed by atoms with van der Waals surface area (Å²) in [6, 6.07) is 54.9. The monoisotopic (exact) mass is 570 g/mol. The number of hydrogen-bond donors (Lipinski definition) is 0. The molecule has 0 spiro atoms. The first-order valence-electron chi connectivity index (χ1n) is 14.9. The van der Waals surface area contributed by atoms with E-state index in [0.29, 0.717) is 0 Å². The van der Waals surface area contributed by atoms with E-state index in [1.165, 1.54) is 20.7 Å². The lowest BCUT2D eigenvalue weighted by atomic mass is 10.0. The maximum absolute atomic E-state index is 6.65. The van der Waals surface area contributed by atoms with Crippen LogP contribution in [-0.2, 0) is 6.42 Å². The van der Waals surface area contributed by atoms with Crippen LogP contribution in [0.4, 0.5) is 0 Å². The summed E-state index contributed by atoms with van der Waals surface area (Å²) >= 11 is 0. The van der Waals surface area contributed by atoms with E-state index >= 15 is 0 Å². The van der Waals surface area contributed by atoms with Crippen LogP contribution in [0, 0.1) is 0 Å². The van der Waals surface area contributed by atoms with Crippen LogP contribution >= 0.6 is 0 Å². The van der Waals surface area contributed by atoms with Gasteiger partial charge in [0.2, 0.25) is 0 Å². The minimum atomic E-state index is -2.58. The molecule has 6 aromatic carbocycles. The number of ether oxygens (including phenoxy) is 1. The molecule has 8 rings (SSSR count). The van der Waals surface area contributed by atoms with Crippen LogP contribution in [0.15, 0.2) is 152 Å². The molecule has 0 saturated carbocycles. The van der Waals surface area contributed by atoms with Gasteiger partial charge in [0.15, 0.2) is 19.6 Å². The first kappa shape index (κ1) is 25.5. The Kier molecular flexibility index (Phi) is 6.09. The van der Waals surface area contributed by atoms with Crippen molar-refractivity contribution in [1.29, 1.82) is 0 Å². The van der Waals surface area contributed by atoms with Gasteiger partial charge in [0.1, 0.15) is 11.3 Å². The van der Waals surface area contributed by atoms with Gasteiger partial charge in [-0.25, -0.2) is 4.98 Å². The zero-order valence-corrected chi connectivity index (χ0v) is 24.9. The predicted octanol–water partition coefficient (Wildman–Crippen LogP) is 6.74. The van der Waals surface area contributed by atoms with Gasteiger partial charge in [0.25, 0.3) is 0 Å². The first-order chi connectivity index (χ1) is 21.3. The number of benzene rings is 6. The summed E-state index contributed by atoms with van der Waals surface area (Å²) < 4.78 is 8.92. The summed E-state index contributed by atoms with van der Waals surface area (Å²) in [5.41, 5.74) is 5.25. The summed E-state index contributed by atoms with van der Waals surface area (Å²) in [4.78, 5) is 4.97. The van der Waals surface area contributed by atoms with E-state index in [4.69, 9.17) is 9.72 Å². The van der Waals surface area contributed by atoms with Gasteiger partial charge in [-0.3, -0.25) is 4.57 Å². The Hall–Kier alpha value is -5.19. The van der Waals surface area contributed by atoms with Crippen LogP contribution in [0.2, 0.25) is 0 Å². The highest BCUT2D eigenvalue weighted by Gasteiger charge is 2.41. The molecular formula is C39H30N2OSi. The molecular weight excluding hydrogens is 541 g/mol. The summed E-state index contributed by atoms with van der Waals surface area (Å²) in [6.07, 6.45) is 0.845. The zero-order valence-electron chi connectivity index (χ0n) is 23.9. The molecule has 4 heteroatoms. The molecule has 0 saturated heterocycles. The Morgan fingerprint density at radius 3 is 1.70 bits per heavy atom. The average molecular weight is 571 g/mol. The van der Waals surface area contributed by atoms with Crippen LogP contribution in [0.3, 0.4) is 0 Å². The SMILES string of the molecule is CCc1nc2ccc(-c3ccc([Si](c4ccccc4)(c4ccccc4)c4ccccc4)cc3)c3c2n1-c1ccccc1O3. The third-order valence-corrected chi connectivity index (χ3v) is 13.5. The van der Waals surface area contributed by atoms with Crippen molar-refractivity contribution < 1.29 is 4.74 Å². The minimum Gasteiger partial charge on any atom is -0.452 e. The molecule has 0 amide bonds. The second-order valence-electron chi connectivity index (χ2n) is 11.0. The summed E-state index contributed by atoms with van der Waals surface area (Å²) in [5, 5.41) is 5.45. The number of fused-ring (bicyclic) bond motifs is 2. The number of aryl methyl sites for hydroxylation is 1. The number of imidazole rings is 1. The summed E-state index contributed by atoms with van der Waals surface area (Å²) in [6.45, 7) is 2.16. The Balaban J connectivity index is 1.34. The molecule has 0 atom stereocenters. The summed E-state index contributed by atoms with van der Waals surface area (Å²) in [7, 11) is -2.58. The fraction of sp³-hybridized carbons (Fsp3) is 0.0513. The van der Waals surface area contributed by atoms with Crippen LogP contribution < -0.4 is 25.5 Å². The molecule has 2 heterocycles. The standard InChI is InChI=1S/C39H30N2OSi/c1-2-37-40-34-27-26-33(39-38(34)41(37)35-20-12-13-21-36(35)42-39)28-22-24-32(25-23-28)43(29-14-6-3-7-15-29,30-16-8-4-9-17-30)31-18-10-5-11-19-31/h3-27H,2H2,1H3. The lowest BCUT2D eigenvalue weighted by molar-refractivity contribution is 0.476. The van der Waals surface area contributed by atoms with Gasteiger partial charge >= 0.3 is 0 Å². The molecule has 0 bridgehead atoms. The third-order valence-electron chi connectivity index (χ3n) is 8.73. The summed E-state index contributed by atoms with van der Waals surface area (Å²) in [5.74, 6) is 2.77. The molecule has 0 radical (unpaired) electrons. The topological polar surface area (TPSA) is 27.1 Å². The van der Waals surface area contributed by atoms with E-state index in [0.717, 1.165) is 51.6 Å². The van der Waals surface area contributed by atoms with E-state index in [9.17, 15) is 0 Å². The number of hydrogen-bond acceptors (Lipinski definition) is 2. The maximum Gasteiger partial charge on any atom is 0.179 e. The van der Waals surface area contributed by atoms with Crippen molar-refractivity contribution in [3.05, 3.63) is 157 Å². The van der Waals surface area contributed by atoms with E-state index in [2.05, 4.69) is 151 Å². The molecule has 0 aliphatic carbocycles. The van der Waals surface area contributed by atoms with Crippen molar-refractivity contribution >= 4 is 39.9 Å². The molecule has 3 nitrogen and oxygen atoms in total. The molecule has 43 heavy (non-hydrogen) atoms. The fourth-order valence-corrected chi connectivity index (χ4v) is 11.6. The van der Waals surface area contributed by atoms with E-state index in [1.807, 2.05) is 12.1 Å². The van der Waals surface area contributed by atoms with Crippen molar-refractivity contribution in [2.24, 2.45) is 0 Å². The quantitative estimate of drug-likeness (QED) is 0.164. The van der Waals surface area contributed by atoms with Crippen molar-refractivity contribution in [3.8, 4) is 28.3 Å². The van der Waals surface area contributed by atoms with Gasteiger partial charge in [-0.1, -0.05) is 134 Å². The highest BCUT2D eigenvalue weighted by atomic mass is 28.3. The van der Waals surface area contributed by atoms with Crippen LogP contribution in [0.5, 0.6) is 11.5 Å². The largest absolute Gasteiger partial charge is 0.452 e. The Morgan fingerprint density at radius 1 is 0.581 bits per heavy atom. The number of para-hydroxylation sites is 2. The molecule has 1 aliphatic heterocycles. The molecule has 1 aliphatic rings. The molecule has 0 unspecified atom stereocenters. The smallest absolute Gasteiger partial charge is 0.179 e. The molecule has 1 aromatic heterocycles. The number of rotatable bonds is 6. The Morgan fingerprint density at radius 2 is 1.12 bits per heavy atom. The van der Waals surface area contributed by atoms with Gasteiger partial charge in [0, 0.05) is 12.0 Å². The van der Waals surface area contributed by atoms with E-state index < -0.39 is 8.07 Å². The molecule has 206 valence electrons. The van der Waals surface area contributed by atoms with Crippen molar-refractivity contribution in [3.63, 3.8) is 0 Å². The van der Waals surface area contributed by atoms with Gasteiger partial charge in [-0.05, 0) is 50.6 Å². The Labute approximate surface area is 252 Å². The second-order valence-corrected chi connectivity index (χ2v) is 14.8. The van der Waals surface area contributed by atoms with Gasteiger partial charge in [0.05, 0.1) is 11.2 Å². The number of nitrogens with zero attached hydrogens (tertiary/aromatic N) is 2. The average Bonchev–Trinajstić information content (AvgIpc) is 3.47. The van der Waals surface area contributed by atoms with E-state index in [-0.39, 0.29) is 0 Å². The van der Waals surface area contributed by atoms with Crippen LogP contribution in [-0.4, -0.2) is 17.6 Å². The lowest BCUT2D eigenvalue weighted by Gasteiger charge is -2.34. The molecule has 7 aromatic rings. The predicted molar refractivity (Wildman–Crippen MR) is 180 cm³/mol. The fourth-order valence-electron chi connectivity index (χ4n) is 6.81. The van der Waals surface area contributed by atoms with E-state index in [1.54, 1.807) is 0 Å². The Bertz CT molecular complexity index is 1970. The van der Waals surface area contributed by atoms with Crippen molar-refractivity contribution in [2.45, 2.75) is 13.3 Å². The zero-order chi connectivity index (χ0) is 28.8. The van der Waals surface area contributed by atoms with Crippen LogP contribution in [0.25, 0.3) is 27.8 Å². The highest BCUT2D eigenvalue weighted by molar-refractivity contribution is 7.19. The van der Waals surface area contributed by atoms with Gasteiger partial charge in [-0.15, -0.1) is 0 Å². The van der Waals surface area contributed by atoms with Crippen molar-refractivity contribution in [2.75, 3.05) is 0 Å². The third kappa shape index (κ3) is 3.91. The lowest BCUT2D eigenvalue weighted by Crippen LogP contribution is -2.74. The molecule has 0 fully saturated rings. The van der Waals surface area contributed by atoms with Crippen LogP contribution in [0.1, 0.15) is 12.7 Å².